The minimum absolute atomic E-state index is 0.00665. The zero-order chi connectivity index (χ0) is 21.1. The monoisotopic (exact) mass is 443 g/mol. The summed E-state index contributed by atoms with van der Waals surface area (Å²) in [7, 11) is 2.57. The molecular weight excluding hydrogens is 431 g/mol. The second-order valence-electron chi connectivity index (χ2n) is 5.59. The molecule has 2 aromatic rings. The van der Waals surface area contributed by atoms with E-state index >= 15 is 0 Å². The fourth-order valence-corrected chi connectivity index (χ4v) is 3.02. The molecule has 10 heteroatoms. The molecule has 1 heterocycles. The quantitative estimate of drug-likeness (QED) is 0.466. The molecule has 0 aromatic heterocycles. The molecule has 1 aliphatic rings. The summed E-state index contributed by atoms with van der Waals surface area (Å²) in [5.74, 6) is -0.977. The first-order valence-electron chi connectivity index (χ1n) is 8.01. The van der Waals surface area contributed by atoms with Crippen LogP contribution in [0.2, 0.25) is 10.0 Å². The molecule has 0 atom stereocenters. The maximum absolute atomic E-state index is 12.7. The normalized spacial score (nSPS) is 14.8. The molecule has 152 valence electrons. The third-order valence-corrected chi connectivity index (χ3v) is 4.32. The van der Waals surface area contributed by atoms with Gasteiger partial charge in [0.25, 0.3) is 0 Å². The zero-order valence-electron chi connectivity index (χ0n) is 15.0. The number of hydrogen-bond donors (Lipinski definition) is 0. The molecule has 2 aromatic carbocycles. The van der Waals surface area contributed by atoms with Crippen LogP contribution >= 0.6 is 23.2 Å². The first-order chi connectivity index (χ1) is 13.8. The minimum Gasteiger partial charge on any atom is -0.493 e. The lowest BCUT2D eigenvalue weighted by Gasteiger charge is -2.14. The molecule has 1 aliphatic heterocycles. The summed E-state index contributed by atoms with van der Waals surface area (Å²) < 4.78 is 45.1. The van der Waals surface area contributed by atoms with Gasteiger partial charge in [-0.2, -0.15) is 8.78 Å². The molecule has 6 nitrogen and oxygen atoms in total. The van der Waals surface area contributed by atoms with Crippen LogP contribution in [0, 0.1) is 0 Å². The SMILES string of the molecule is COc1cc(/C=C2\N=C(c3ccc(Cl)cc3Cl)OC2=O)cc(OC)c1OC(F)F. The average Bonchev–Trinajstić information content (AvgIpc) is 3.02. The molecule has 0 fully saturated rings. The number of halogens is 4. The number of hydrogen-bond acceptors (Lipinski definition) is 6. The molecule has 0 amide bonds. The van der Waals surface area contributed by atoms with Gasteiger partial charge in [-0.3, -0.25) is 0 Å². The lowest BCUT2D eigenvalue weighted by molar-refractivity contribution is -0.129. The van der Waals surface area contributed by atoms with Crippen molar-refractivity contribution in [1.29, 1.82) is 0 Å². The Kier molecular flexibility index (Phi) is 6.24. The van der Waals surface area contributed by atoms with Crippen LogP contribution in [0.1, 0.15) is 11.1 Å². The maximum Gasteiger partial charge on any atom is 0.387 e. The van der Waals surface area contributed by atoms with Gasteiger partial charge >= 0.3 is 12.6 Å². The van der Waals surface area contributed by atoms with Crippen molar-refractivity contribution in [2.45, 2.75) is 6.61 Å². The van der Waals surface area contributed by atoms with Gasteiger partial charge < -0.3 is 18.9 Å². The van der Waals surface area contributed by atoms with Crippen molar-refractivity contribution >= 4 is 41.1 Å². The smallest absolute Gasteiger partial charge is 0.387 e. The van der Waals surface area contributed by atoms with Crippen molar-refractivity contribution in [2.75, 3.05) is 14.2 Å². The van der Waals surface area contributed by atoms with Crippen LogP contribution in [-0.4, -0.2) is 32.7 Å². The number of ether oxygens (including phenoxy) is 4. The van der Waals surface area contributed by atoms with Gasteiger partial charge in [-0.1, -0.05) is 23.2 Å². The van der Waals surface area contributed by atoms with E-state index in [0.29, 0.717) is 16.1 Å². The molecule has 29 heavy (non-hydrogen) atoms. The van der Waals surface area contributed by atoms with Crippen LogP contribution < -0.4 is 14.2 Å². The number of alkyl halides is 2. The summed E-state index contributed by atoms with van der Waals surface area (Å²) in [6.45, 7) is -3.07. The van der Waals surface area contributed by atoms with Gasteiger partial charge in [-0.25, -0.2) is 9.79 Å². The number of carbonyl (C=O) groups is 1. The largest absolute Gasteiger partial charge is 0.493 e. The number of cyclic esters (lactones) is 1. The van der Waals surface area contributed by atoms with Crippen LogP contribution in [0.15, 0.2) is 41.0 Å². The third kappa shape index (κ3) is 4.60. The van der Waals surface area contributed by atoms with Crippen LogP contribution in [-0.2, 0) is 9.53 Å². The first-order valence-corrected chi connectivity index (χ1v) is 8.76. The topological polar surface area (TPSA) is 66.4 Å². The molecule has 0 aliphatic carbocycles. The van der Waals surface area contributed by atoms with Crippen molar-refractivity contribution < 1.29 is 32.5 Å². The molecular formula is C19H13Cl2F2NO5. The van der Waals surface area contributed by atoms with Crippen LogP contribution in [0.5, 0.6) is 17.2 Å². The number of methoxy groups -OCH3 is 2. The predicted octanol–water partition coefficient (Wildman–Crippen LogP) is 4.96. The number of esters is 1. The van der Waals surface area contributed by atoms with Gasteiger partial charge in [0.1, 0.15) is 0 Å². The second kappa shape index (κ2) is 8.67. The second-order valence-corrected chi connectivity index (χ2v) is 6.44. The van der Waals surface area contributed by atoms with Crippen LogP contribution in [0.25, 0.3) is 6.08 Å². The molecule has 3 rings (SSSR count). The summed E-state index contributed by atoms with van der Waals surface area (Å²) >= 11 is 12.0. The van der Waals surface area contributed by atoms with Crippen molar-refractivity contribution in [3.8, 4) is 17.2 Å². The van der Waals surface area contributed by atoms with Crippen molar-refractivity contribution in [3.63, 3.8) is 0 Å². The molecule has 0 N–H and O–H groups in total. The van der Waals surface area contributed by atoms with Gasteiger partial charge in [-0.15, -0.1) is 0 Å². The number of nitrogens with zero attached hydrogens (tertiary/aromatic N) is 1. The van der Waals surface area contributed by atoms with Gasteiger partial charge in [0.2, 0.25) is 11.6 Å². The van der Waals surface area contributed by atoms with E-state index in [1.54, 1.807) is 12.1 Å². The Bertz CT molecular complexity index is 999. The summed E-state index contributed by atoms with van der Waals surface area (Å²) in [5, 5.41) is 0.687. The summed E-state index contributed by atoms with van der Waals surface area (Å²) in [4.78, 5) is 16.4. The highest BCUT2D eigenvalue weighted by Crippen LogP contribution is 2.40. The van der Waals surface area contributed by atoms with Gasteiger partial charge in [0.15, 0.2) is 17.2 Å². The molecule has 0 spiro atoms. The number of aliphatic imine (C=N–C) groups is 1. The van der Waals surface area contributed by atoms with E-state index in [1.807, 2.05) is 0 Å². The number of benzene rings is 2. The van der Waals surface area contributed by atoms with Crippen LogP contribution in [0.4, 0.5) is 8.78 Å². The lowest BCUT2D eigenvalue weighted by atomic mass is 10.1. The van der Waals surface area contributed by atoms with Crippen molar-refractivity contribution in [1.82, 2.24) is 0 Å². The number of rotatable bonds is 6. The highest BCUT2D eigenvalue weighted by Gasteiger charge is 2.26. The molecule has 0 unspecified atom stereocenters. The minimum atomic E-state index is -3.07. The van der Waals surface area contributed by atoms with Gasteiger partial charge in [-0.05, 0) is 42.0 Å². The Morgan fingerprint density at radius 3 is 2.31 bits per heavy atom. The predicted molar refractivity (Wildman–Crippen MR) is 103 cm³/mol. The molecule has 0 saturated carbocycles. The number of carbonyl (C=O) groups excluding carboxylic acids is 1. The Morgan fingerprint density at radius 1 is 1.10 bits per heavy atom. The third-order valence-electron chi connectivity index (χ3n) is 3.78. The van der Waals surface area contributed by atoms with E-state index in [4.69, 9.17) is 37.4 Å². The Morgan fingerprint density at radius 2 is 1.76 bits per heavy atom. The van der Waals surface area contributed by atoms with E-state index in [0.717, 1.165) is 0 Å². The summed E-state index contributed by atoms with van der Waals surface area (Å²) in [6.07, 6.45) is 1.39. The van der Waals surface area contributed by atoms with Gasteiger partial charge in [0, 0.05) is 5.02 Å². The van der Waals surface area contributed by atoms with Crippen molar-refractivity contribution in [2.24, 2.45) is 4.99 Å². The lowest BCUT2D eigenvalue weighted by Crippen LogP contribution is -2.06. The molecule has 0 bridgehead atoms. The van der Waals surface area contributed by atoms with E-state index in [-0.39, 0.29) is 33.9 Å². The molecule has 0 radical (unpaired) electrons. The average molecular weight is 444 g/mol. The van der Waals surface area contributed by atoms with Crippen LogP contribution in [0.3, 0.4) is 0 Å². The maximum atomic E-state index is 12.7. The van der Waals surface area contributed by atoms with E-state index < -0.39 is 12.6 Å². The zero-order valence-corrected chi connectivity index (χ0v) is 16.6. The Hall–Kier alpha value is -2.84. The fourth-order valence-electron chi connectivity index (χ4n) is 2.53. The highest BCUT2D eigenvalue weighted by molar-refractivity contribution is 6.37. The van der Waals surface area contributed by atoms with Gasteiger partial charge in [0.05, 0.1) is 24.8 Å². The standard InChI is InChI=1S/C19H13Cl2F2NO5/c1-26-14-6-9(7-15(27-2)16(14)28-19(22)23)5-13-18(25)29-17(24-13)11-4-3-10(20)8-12(11)21/h3-8,19H,1-2H3/b13-5-. The fraction of sp³-hybridized carbons (Fsp3) is 0.158. The van der Waals surface area contributed by atoms with Crippen molar-refractivity contribution in [3.05, 3.63) is 57.2 Å². The molecule has 0 saturated heterocycles. The van der Waals surface area contributed by atoms with E-state index in [1.165, 1.54) is 38.5 Å². The van der Waals surface area contributed by atoms with E-state index in [2.05, 4.69) is 9.73 Å². The Balaban J connectivity index is 2.00. The van der Waals surface area contributed by atoms with E-state index in [9.17, 15) is 13.6 Å². The Labute approximate surface area is 174 Å². The highest BCUT2D eigenvalue weighted by atomic mass is 35.5. The summed E-state index contributed by atoms with van der Waals surface area (Å²) in [5.41, 5.74) is 0.751. The summed E-state index contributed by atoms with van der Waals surface area (Å²) in [6, 6.07) is 7.43. The first kappa shape index (κ1) is 20.9.